The lowest BCUT2D eigenvalue weighted by molar-refractivity contribution is -0.128. The van der Waals surface area contributed by atoms with E-state index in [1.165, 1.54) is 4.90 Å². The van der Waals surface area contributed by atoms with Crippen molar-refractivity contribution < 1.29 is 14.4 Å². The molecule has 0 aliphatic carbocycles. The molecule has 2 heterocycles. The van der Waals surface area contributed by atoms with Crippen LogP contribution in [0.1, 0.15) is 25.3 Å². The number of imide groups is 1. The van der Waals surface area contributed by atoms with Crippen LogP contribution >= 0.6 is 0 Å². The van der Waals surface area contributed by atoms with E-state index < -0.39 is 6.04 Å². The van der Waals surface area contributed by atoms with Crippen LogP contribution in [0.15, 0.2) is 24.3 Å². The van der Waals surface area contributed by atoms with E-state index in [1.807, 2.05) is 29.2 Å². The minimum absolute atomic E-state index is 0.192. The van der Waals surface area contributed by atoms with E-state index in [9.17, 15) is 14.4 Å². The van der Waals surface area contributed by atoms with Crippen LogP contribution < -0.4 is 10.6 Å². The maximum Gasteiger partial charge on any atom is 0.324 e. The fraction of sp³-hybridized carbons (Fsp3) is 0.471. The zero-order valence-electron chi connectivity index (χ0n) is 13.7. The molecule has 1 aromatic carbocycles. The molecule has 0 radical (unpaired) electrons. The quantitative estimate of drug-likeness (QED) is 0.849. The average Bonchev–Trinajstić information content (AvgIpc) is 3.16. The Morgan fingerprint density at radius 1 is 1.33 bits per heavy atom. The normalized spacial score (nSPS) is 18.7. The van der Waals surface area contributed by atoms with Gasteiger partial charge in [-0.2, -0.15) is 0 Å². The van der Waals surface area contributed by atoms with Crippen molar-refractivity contribution in [1.82, 2.24) is 15.1 Å². The molecule has 0 unspecified atom stereocenters. The molecule has 0 spiro atoms. The van der Waals surface area contributed by atoms with Gasteiger partial charge >= 0.3 is 6.03 Å². The largest absolute Gasteiger partial charge is 0.374 e. The molecule has 1 atom stereocenters. The van der Waals surface area contributed by atoms with Gasteiger partial charge in [0.2, 0.25) is 5.91 Å². The lowest BCUT2D eigenvalue weighted by atomic mass is 10.1. The van der Waals surface area contributed by atoms with Gasteiger partial charge in [0, 0.05) is 38.3 Å². The van der Waals surface area contributed by atoms with Crippen LogP contribution in [-0.4, -0.2) is 53.3 Å². The molecule has 2 aliphatic heterocycles. The molecule has 0 aromatic heterocycles. The van der Waals surface area contributed by atoms with Crippen LogP contribution in [0, 0.1) is 0 Å². The second-order valence-corrected chi connectivity index (χ2v) is 6.21. The van der Waals surface area contributed by atoms with Gasteiger partial charge in [0.1, 0.15) is 6.04 Å². The molecule has 7 nitrogen and oxygen atoms in total. The first-order valence-electron chi connectivity index (χ1n) is 8.27. The topological polar surface area (TPSA) is 81.8 Å². The van der Waals surface area contributed by atoms with Gasteiger partial charge < -0.3 is 15.5 Å². The number of carbonyl (C=O) groups is 3. The van der Waals surface area contributed by atoms with Crippen molar-refractivity contribution in [3.05, 3.63) is 29.8 Å². The lowest BCUT2D eigenvalue weighted by Gasteiger charge is -2.21. The van der Waals surface area contributed by atoms with E-state index in [1.54, 1.807) is 6.92 Å². The molecule has 128 valence electrons. The Morgan fingerprint density at radius 3 is 2.83 bits per heavy atom. The highest BCUT2D eigenvalue weighted by Crippen LogP contribution is 2.18. The van der Waals surface area contributed by atoms with Gasteiger partial charge in [-0.1, -0.05) is 12.1 Å². The summed E-state index contributed by atoms with van der Waals surface area (Å²) in [5.74, 6) is -0.0536. The van der Waals surface area contributed by atoms with E-state index >= 15 is 0 Å². The third-order valence-corrected chi connectivity index (χ3v) is 4.35. The number of rotatable bonds is 5. The molecule has 4 amide bonds. The summed E-state index contributed by atoms with van der Waals surface area (Å²) >= 11 is 0. The van der Waals surface area contributed by atoms with Crippen LogP contribution in [-0.2, 0) is 16.1 Å². The summed E-state index contributed by atoms with van der Waals surface area (Å²) in [6.07, 6.45) is 1.54. The van der Waals surface area contributed by atoms with Gasteiger partial charge in [-0.05, 0) is 31.0 Å². The van der Waals surface area contributed by atoms with Crippen molar-refractivity contribution in [2.75, 3.05) is 25.0 Å². The van der Waals surface area contributed by atoms with E-state index in [2.05, 4.69) is 10.6 Å². The number of amides is 4. The third-order valence-electron chi connectivity index (χ3n) is 4.35. The Morgan fingerprint density at radius 2 is 2.17 bits per heavy atom. The Hall–Kier alpha value is -2.57. The molecule has 24 heavy (non-hydrogen) atoms. The summed E-state index contributed by atoms with van der Waals surface area (Å²) in [7, 11) is 0. The van der Waals surface area contributed by atoms with E-state index in [0.29, 0.717) is 26.1 Å². The highest BCUT2D eigenvalue weighted by Gasteiger charge is 2.29. The second kappa shape index (κ2) is 6.90. The number of anilines is 1. The van der Waals surface area contributed by atoms with Crippen molar-refractivity contribution in [3.8, 4) is 0 Å². The molecular weight excluding hydrogens is 308 g/mol. The van der Waals surface area contributed by atoms with E-state index in [0.717, 1.165) is 24.2 Å². The van der Waals surface area contributed by atoms with Gasteiger partial charge in [-0.15, -0.1) is 0 Å². The Labute approximate surface area is 141 Å². The predicted molar refractivity (Wildman–Crippen MR) is 89.3 cm³/mol. The third kappa shape index (κ3) is 3.50. The highest BCUT2D eigenvalue weighted by atomic mass is 16.2. The smallest absolute Gasteiger partial charge is 0.324 e. The minimum Gasteiger partial charge on any atom is -0.374 e. The zero-order chi connectivity index (χ0) is 17.1. The molecule has 0 saturated carbocycles. The molecular formula is C17H22N4O3. The van der Waals surface area contributed by atoms with Gasteiger partial charge in [-0.3, -0.25) is 14.5 Å². The molecule has 2 N–H and O–H groups in total. The van der Waals surface area contributed by atoms with Gasteiger partial charge in [0.15, 0.2) is 0 Å². The molecule has 2 saturated heterocycles. The first-order valence-corrected chi connectivity index (χ1v) is 8.27. The summed E-state index contributed by atoms with van der Waals surface area (Å²) in [4.78, 5) is 38.7. The predicted octanol–water partition coefficient (Wildman–Crippen LogP) is 1.16. The molecule has 1 aromatic rings. The molecule has 2 fully saturated rings. The fourth-order valence-electron chi connectivity index (χ4n) is 3.08. The number of benzene rings is 1. The summed E-state index contributed by atoms with van der Waals surface area (Å²) in [6.45, 7) is 4.03. The van der Waals surface area contributed by atoms with Gasteiger partial charge in [0.25, 0.3) is 5.91 Å². The van der Waals surface area contributed by atoms with Crippen LogP contribution in [0.25, 0.3) is 0 Å². The first kappa shape index (κ1) is 16.3. The van der Waals surface area contributed by atoms with Crippen LogP contribution in [0.2, 0.25) is 0 Å². The number of carbonyl (C=O) groups excluding carboxylic acids is 3. The lowest BCUT2D eigenvalue weighted by Crippen LogP contribution is -2.43. The van der Waals surface area contributed by atoms with Gasteiger partial charge in [-0.25, -0.2) is 4.79 Å². The van der Waals surface area contributed by atoms with Crippen LogP contribution in [0.3, 0.4) is 0 Å². The van der Waals surface area contributed by atoms with Crippen molar-refractivity contribution in [2.45, 2.75) is 32.4 Å². The number of hydrogen-bond donors (Lipinski definition) is 2. The summed E-state index contributed by atoms with van der Waals surface area (Å²) in [6, 6.07) is 6.85. The Bertz CT molecular complexity index is 661. The van der Waals surface area contributed by atoms with Crippen molar-refractivity contribution in [3.63, 3.8) is 0 Å². The standard InChI is InChI=1S/C17H22N4O3/c1-12(16(23)21-9-7-18-17(21)24)19-14-5-2-4-13(10-14)11-20-8-3-6-15(20)22/h2,4-5,10,12,19H,3,6-9,11H2,1H3,(H,18,24)/t12-/m1/s1. The van der Waals surface area contributed by atoms with Crippen molar-refractivity contribution in [2.24, 2.45) is 0 Å². The first-order chi connectivity index (χ1) is 11.5. The average molecular weight is 330 g/mol. The Kier molecular flexibility index (Phi) is 4.69. The second-order valence-electron chi connectivity index (χ2n) is 6.21. The highest BCUT2D eigenvalue weighted by molar-refractivity contribution is 5.99. The molecule has 7 heteroatoms. The zero-order valence-corrected chi connectivity index (χ0v) is 13.7. The molecule has 0 bridgehead atoms. The Balaban J connectivity index is 1.62. The maximum atomic E-state index is 12.3. The van der Waals surface area contributed by atoms with E-state index in [-0.39, 0.29) is 17.8 Å². The summed E-state index contributed by atoms with van der Waals surface area (Å²) in [5, 5.41) is 5.76. The number of urea groups is 1. The number of nitrogens with zero attached hydrogens (tertiary/aromatic N) is 2. The number of likely N-dealkylation sites (tertiary alicyclic amines) is 1. The summed E-state index contributed by atoms with van der Waals surface area (Å²) in [5.41, 5.74) is 1.83. The van der Waals surface area contributed by atoms with Crippen LogP contribution in [0.5, 0.6) is 0 Å². The number of nitrogens with one attached hydrogen (secondary N) is 2. The fourth-order valence-corrected chi connectivity index (χ4v) is 3.08. The van der Waals surface area contributed by atoms with Crippen LogP contribution in [0.4, 0.5) is 10.5 Å². The SMILES string of the molecule is C[C@@H](Nc1cccc(CN2CCCC2=O)c1)C(=O)N1CCNC1=O. The maximum absolute atomic E-state index is 12.3. The molecule has 2 aliphatic rings. The minimum atomic E-state index is -0.502. The number of hydrogen-bond acceptors (Lipinski definition) is 4. The summed E-state index contributed by atoms with van der Waals surface area (Å²) < 4.78 is 0. The van der Waals surface area contributed by atoms with E-state index in [4.69, 9.17) is 0 Å². The van der Waals surface area contributed by atoms with Crippen molar-refractivity contribution in [1.29, 1.82) is 0 Å². The van der Waals surface area contributed by atoms with Crippen molar-refractivity contribution >= 4 is 23.5 Å². The monoisotopic (exact) mass is 330 g/mol. The van der Waals surface area contributed by atoms with Gasteiger partial charge in [0.05, 0.1) is 0 Å². The molecule has 3 rings (SSSR count).